The molecule has 0 bridgehead atoms. The number of nitrogens with two attached hydrogens (primary N) is 1. The minimum atomic E-state index is -4.82. The van der Waals surface area contributed by atoms with Crippen molar-refractivity contribution in [1.29, 1.82) is 0 Å². The van der Waals surface area contributed by atoms with Gasteiger partial charge < -0.3 is 10.3 Å². The molecular formula is C27H21F3N6O2S. The number of hydrogen-bond donors (Lipinski definition) is 2. The zero-order valence-electron chi connectivity index (χ0n) is 20.4. The first-order valence-electron chi connectivity index (χ1n) is 11.7. The van der Waals surface area contributed by atoms with E-state index in [4.69, 9.17) is 10.7 Å². The van der Waals surface area contributed by atoms with Crippen LogP contribution >= 0.6 is 0 Å². The lowest BCUT2D eigenvalue weighted by Gasteiger charge is -2.13. The van der Waals surface area contributed by atoms with Gasteiger partial charge in [0.2, 0.25) is 5.95 Å². The molecule has 2 heterocycles. The molecule has 12 heteroatoms. The molecular weight excluding hydrogens is 529 g/mol. The Labute approximate surface area is 222 Å². The Morgan fingerprint density at radius 1 is 0.897 bits per heavy atom. The molecule has 0 unspecified atom stereocenters. The predicted molar refractivity (Wildman–Crippen MR) is 141 cm³/mol. The van der Waals surface area contributed by atoms with Gasteiger partial charge in [-0.05, 0) is 37.3 Å². The van der Waals surface area contributed by atoms with Gasteiger partial charge in [-0.15, -0.1) is 0 Å². The smallest absolute Gasteiger partial charge is 0.267 e. The molecule has 0 radical (unpaired) electrons. The van der Waals surface area contributed by atoms with E-state index < -0.39 is 38.1 Å². The number of halogens is 3. The average Bonchev–Trinajstić information content (AvgIpc) is 3.29. The van der Waals surface area contributed by atoms with Gasteiger partial charge in [0.05, 0.1) is 17.1 Å². The molecule has 0 saturated carbocycles. The molecule has 3 N–H and O–H groups in total. The average molecular weight is 551 g/mol. The lowest BCUT2D eigenvalue weighted by atomic mass is 10.1. The van der Waals surface area contributed by atoms with Gasteiger partial charge in [-0.1, -0.05) is 42.5 Å². The van der Waals surface area contributed by atoms with E-state index >= 15 is 4.39 Å². The SMILES string of the molecule is CCn1c(-c2ccccc2)nc(-c2cccc(NS(=O)(=O)c3c(F)cccc3F)c2F)c1-c1ccnc(N)n1. The fourth-order valence-corrected chi connectivity index (χ4v) is 5.45. The van der Waals surface area contributed by atoms with Crippen molar-refractivity contribution < 1.29 is 21.6 Å². The molecule has 0 atom stereocenters. The van der Waals surface area contributed by atoms with Gasteiger partial charge in [0.1, 0.15) is 23.2 Å². The largest absolute Gasteiger partial charge is 0.368 e. The van der Waals surface area contributed by atoms with Crippen molar-refractivity contribution in [3.8, 4) is 34.0 Å². The van der Waals surface area contributed by atoms with E-state index in [2.05, 4.69) is 9.97 Å². The number of rotatable bonds is 7. The van der Waals surface area contributed by atoms with E-state index in [0.717, 1.165) is 29.8 Å². The summed E-state index contributed by atoms with van der Waals surface area (Å²) in [6.45, 7) is 2.31. The van der Waals surface area contributed by atoms with Crippen molar-refractivity contribution >= 4 is 21.7 Å². The normalized spacial score (nSPS) is 11.5. The fourth-order valence-electron chi connectivity index (χ4n) is 4.25. The summed E-state index contributed by atoms with van der Waals surface area (Å²) in [6.07, 6.45) is 1.46. The van der Waals surface area contributed by atoms with Crippen LogP contribution in [0.15, 0.2) is 83.9 Å². The van der Waals surface area contributed by atoms with E-state index in [0.29, 0.717) is 23.8 Å². The van der Waals surface area contributed by atoms with Gasteiger partial charge >= 0.3 is 0 Å². The first-order chi connectivity index (χ1) is 18.7. The van der Waals surface area contributed by atoms with E-state index in [1.54, 1.807) is 6.07 Å². The highest BCUT2D eigenvalue weighted by Crippen LogP contribution is 2.38. The van der Waals surface area contributed by atoms with E-state index in [9.17, 15) is 17.2 Å². The number of nitrogen functional groups attached to an aromatic ring is 1. The van der Waals surface area contributed by atoms with Crippen molar-refractivity contribution in [2.75, 3.05) is 10.5 Å². The zero-order chi connectivity index (χ0) is 27.7. The van der Waals surface area contributed by atoms with Crippen LogP contribution in [0.3, 0.4) is 0 Å². The highest BCUT2D eigenvalue weighted by molar-refractivity contribution is 7.92. The van der Waals surface area contributed by atoms with Crippen molar-refractivity contribution in [1.82, 2.24) is 19.5 Å². The molecule has 5 aromatic rings. The van der Waals surface area contributed by atoms with Gasteiger partial charge in [-0.2, -0.15) is 0 Å². The summed E-state index contributed by atoms with van der Waals surface area (Å²) in [7, 11) is -4.82. The van der Waals surface area contributed by atoms with Gasteiger partial charge in [-0.25, -0.2) is 36.5 Å². The molecule has 0 aliphatic carbocycles. The van der Waals surface area contributed by atoms with Crippen LogP contribution < -0.4 is 10.5 Å². The second-order valence-electron chi connectivity index (χ2n) is 8.37. The number of nitrogens with one attached hydrogen (secondary N) is 1. The molecule has 3 aromatic carbocycles. The fraction of sp³-hybridized carbons (Fsp3) is 0.0741. The van der Waals surface area contributed by atoms with Crippen molar-refractivity contribution in [3.05, 3.63) is 96.4 Å². The summed E-state index contributed by atoms with van der Waals surface area (Å²) in [6, 6.07) is 17.4. The molecule has 0 amide bonds. The number of benzene rings is 3. The number of imidazole rings is 1. The minimum Gasteiger partial charge on any atom is -0.368 e. The monoisotopic (exact) mass is 550 g/mol. The Balaban J connectivity index is 1.71. The lowest BCUT2D eigenvalue weighted by molar-refractivity contribution is 0.521. The maximum Gasteiger partial charge on any atom is 0.267 e. The maximum atomic E-state index is 16.0. The lowest BCUT2D eigenvalue weighted by Crippen LogP contribution is -2.17. The number of anilines is 2. The molecule has 8 nitrogen and oxygen atoms in total. The molecule has 39 heavy (non-hydrogen) atoms. The van der Waals surface area contributed by atoms with Crippen LogP contribution in [0.25, 0.3) is 34.0 Å². The highest BCUT2D eigenvalue weighted by Gasteiger charge is 2.28. The van der Waals surface area contributed by atoms with E-state index in [1.807, 2.05) is 46.5 Å². The molecule has 0 aliphatic rings. The van der Waals surface area contributed by atoms with Crippen LogP contribution in [0.5, 0.6) is 0 Å². The molecule has 0 spiro atoms. The standard InChI is InChI=1S/C27H21F3N6O2S/c1-2-36-24(21-14-15-32-27(31)33-21)23(34-26(36)16-8-4-3-5-9-16)17-10-6-13-20(22(17)30)35-39(37,38)25-18(28)11-7-12-19(25)29/h3-15,35H,2H2,1H3,(H2,31,32,33). The third-order valence-corrected chi connectivity index (χ3v) is 7.33. The van der Waals surface area contributed by atoms with Crippen LogP contribution in [-0.4, -0.2) is 27.9 Å². The van der Waals surface area contributed by atoms with Crippen LogP contribution in [0.4, 0.5) is 24.8 Å². The summed E-state index contributed by atoms with van der Waals surface area (Å²) in [5.41, 5.74) is 6.94. The summed E-state index contributed by atoms with van der Waals surface area (Å²) in [4.78, 5) is 11.8. The minimum absolute atomic E-state index is 0.00235. The van der Waals surface area contributed by atoms with E-state index in [1.165, 1.54) is 18.3 Å². The van der Waals surface area contributed by atoms with Crippen LogP contribution in [0.1, 0.15) is 6.92 Å². The zero-order valence-corrected chi connectivity index (χ0v) is 21.3. The highest BCUT2D eigenvalue weighted by atomic mass is 32.2. The Morgan fingerprint density at radius 3 is 2.26 bits per heavy atom. The molecule has 0 saturated heterocycles. The number of hydrogen-bond acceptors (Lipinski definition) is 6. The summed E-state index contributed by atoms with van der Waals surface area (Å²) in [5.74, 6) is -3.10. The van der Waals surface area contributed by atoms with Crippen LogP contribution in [0, 0.1) is 17.5 Å². The third kappa shape index (κ3) is 4.81. The van der Waals surface area contributed by atoms with E-state index in [-0.39, 0.29) is 17.2 Å². The number of aromatic nitrogens is 4. The summed E-state index contributed by atoms with van der Waals surface area (Å²) >= 11 is 0. The molecule has 0 fully saturated rings. The van der Waals surface area contributed by atoms with Crippen LogP contribution in [0.2, 0.25) is 0 Å². The van der Waals surface area contributed by atoms with Crippen LogP contribution in [-0.2, 0) is 16.6 Å². The Kier molecular flexibility index (Phi) is 6.79. The van der Waals surface area contributed by atoms with Crippen molar-refractivity contribution in [3.63, 3.8) is 0 Å². The second kappa shape index (κ2) is 10.2. The number of nitrogens with zero attached hydrogens (tertiary/aromatic N) is 4. The molecule has 0 aliphatic heterocycles. The quantitative estimate of drug-likeness (QED) is 0.277. The third-order valence-electron chi connectivity index (χ3n) is 5.92. The topological polar surface area (TPSA) is 116 Å². The first kappa shape index (κ1) is 25.9. The molecule has 2 aromatic heterocycles. The Bertz CT molecular complexity index is 1770. The molecule has 198 valence electrons. The first-order valence-corrected chi connectivity index (χ1v) is 13.2. The Hall–Kier alpha value is -4.71. The van der Waals surface area contributed by atoms with Crippen molar-refractivity contribution in [2.45, 2.75) is 18.4 Å². The van der Waals surface area contributed by atoms with Gasteiger partial charge in [0, 0.05) is 23.9 Å². The second-order valence-corrected chi connectivity index (χ2v) is 9.99. The van der Waals surface area contributed by atoms with Gasteiger partial charge in [-0.3, -0.25) is 4.72 Å². The van der Waals surface area contributed by atoms with Gasteiger partial charge in [0.25, 0.3) is 10.0 Å². The number of sulfonamides is 1. The summed E-state index contributed by atoms with van der Waals surface area (Å²) < 4.78 is 74.0. The Morgan fingerprint density at radius 2 is 1.59 bits per heavy atom. The predicted octanol–water partition coefficient (Wildman–Crippen LogP) is 5.49. The van der Waals surface area contributed by atoms with Gasteiger partial charge in [0.15, 0.2) is 10.7 Å². The summed E-state index contributed by atoms with van der Waals surface area (Å²) in [5, 5.41) is 0. The molecule has 5 rings (SSSR count). The van der Waals surface area contributed by atoms with Crippen molar-refractivity contribution in [2.24, 2.45) is 0 Å². The maximum absolute atomic E-state index is 16.0.